The van der Waals surface area contributed by atoms with E-state index in [2.05, 4.69) is 0 Å². The molecule has 0 saturated heterocycles. The van der Waals surface area contributed by atoms with Gasteiger partial charge in [0.25, 0.3) is 5.56 Å². The molecule has 2 aromatic rings. The van der Waals surface area contributed by atoms with Crippen LogP contribution >= 0.6 is 0 Å². The number of nitrogens with zero attached hydrogens (tertiary/aromatic N) is 1. The first-order valence-corrected chi connectivity index (χ1v) is 8.75. The number of pyridine rings is 1. The van der Waals surface area contributed by atoms with Crippen LogP contribution in [0.15, 0.2) is 35.1 Å². The van der Waals surface area contributed by atoms with Crippen LogP contribution in [0.5, 0.6) is 0 Å². The van der Waals surface area contributed by atoms with Crippen molar-refractivity contribution in [1.82, 2.24) is 4.57 Å². The highest BCUT2D eigenvalue weighted by atomic mass is 19.1. The Kier molecular flexibility index (Phi) is 8.53. The van der Waals surface area contributed by atoms with Crippen LogP contribution in [0.1, 0.15) is 60.0 Å². The third-order valence-electron chi connectivity index (χ3n) is 3.78. The largest absolute Gasteiger partial charge is 0.477 e. The molecule has 1 aromatic carbocycles. The lowest BCUT2D eigenvalue weighted by Gasteiger charge is -2.17. The molecule has 8 heteroatoms. The van der Waals surface area contributed by atoms with E-state index in [1.165, 1.54) is 12.1 Å². The molecule has 7 nitrogen and oxygen atoms in total. The predicted molar refractivity (Wildman–Crippen MR) is 102 cm³/mol. The predicted octanol–water partition coefficient (Wildman–Crippen LogP) is 3.54. The van der Waals surface area contributed by atoms with E-state index in [0.717, 1.165) is 36.0 Å². The average molecular weight is 393 g/mol. The molecular formula is C20H24FNO6. The number of carboxylic acids is 2. The lowest BCUT2D eigenvalue weighted by atomic mass is 9.98. The van der Waals surface area contributed by atoms with Gasteiger partial charge in [-0.05, 0) is 55.7 Å². The van der Waals surface area contributed by atoms with Gasteiger partial charge in [-0.3, -0.25) is 9.36 Å². The summed E-state index contributed by atoms with van der Waals surface area (Å²) in [5.41, 5.74) is -1.56. The lowest BCUT2D eigenvalue weighted by Crippen LogP contribution is -2.31. The fourth-order valence-corrected chi connectivity index (χ4v) is 2.49. The summed E-state index contributed by atoms with van der Waals surface area (Å²) in [7, 11) is 0. The normalized spacial score (nSPS) is 10.4. The van der Waals surface area contributed by atoms with Crippen LogP contribution < -0.4 is 5.56 Å². The molecule has 1 heterocycles. The van der Waals surface area contributed by atoms with Crippen molar-refractivity contribution in [3.05, 3.63) is 63.3 Å². The maximum atomic E-state index is 13.1. The Morgan fingerprint density at radius 1 is 1.07 bits per heavy atom. The second-order valence-corrected chi connectivity index (χ2v) is 6.03. The highest BCUT2D eigenvalue weighted by Gasteiger charge is 2.25. The Hall–Kier alpha value is -3.00. The minimum atomic E-state index is -1.45. The van der Waals surface area contributed by atoms with E-state index in [4.69, 9.17) is 4.74 Å². The molecule has 0 saturated carbocycles. The maximum Gasteiger partial charge on any atom is 0.353 e. The fraction of sp³-hybridized carbons (Fsp3) is 0.350. The Balaban J connectivity index is 0.000000696. The summed E-state index contributed by atoms with van der Waals surface area (Å²) >= 11 is 0. The summed E-state index contributed by atoms with van der Waals surface area (Å²) < 4.78 is 18.7. The maximum absolute atomic E-state index is 13.1. The third-order valence-corrected chi connectivity index (χ3v) is 3.78. The zero-order chi connectivity index (χ0) is 21.4. The van der Waals surface area contributed by atoms with E-state index >= 15 is 0 Å². The second kappa shape index (κ2) is 10.4. The van der Waals surface area contributed by atoms with Crippen LogP contribution in [0.25, 0.3) is 5.69 Å². The van der Waals surface area contributed by atoms with Crippen LogP contribution in [0.2, 0.25) is 0 Å². The van der Waals surface area contributed by atoms with E-state index in [0.29, 0.717) is 0 Å². The molecule has 0 fully saturated rings. The van der Waals surface area contributed by atoms with E-state index in [9.17, 15) is 29.0 Å². The average Bonchev–Trinajstić information content (AvgIpc) is 2.62. The Labute approximate surface area is 162 Å². The van der Waals surface area contributed by atoms with E-state index in [1.807, 2.05) is 13.8 Å². The number of rotatable bonds is 6. The number of hydrogen-bond donors (Lipinski definition) is 2. The van der Waals surface area contributed by atoms with Crippen LogP contribution in [0.4, 0.5) is 4.39 Å². The summed E-state index contributed by atoms with van der Waals surface area (Å²) in [6.45, 7) is 9.04. The molecule has 0 aliphatic carbocycles. The monoisotopic (exact) mass is 393 g/mol. The molecule has 152 valence electrons. The van der Waals surface area contributed by atoms with Crippen molar-refractivity contribution in [3.63, 3.8) is 0 Å². The Morgan fingerprint density at radius 2 is 1.61 bits per heavy atom. The number of carbonyl (C=O) groups is 2. The number of hydrogen-bond acceptors (Lipinski definition) is 4. The Morgan fingerprint density at radius 3 is 1.96 bits per heavy atom. The van der Waals surface area contributed by atoms with Gasteiger partial charge in [-0.1, -0.05) is 13.8 Å². The number of ether oxygens (including phenoxy) is 1. The van der Waals surface area contributed by atoms with Crippen molar-refractivity contribution in [3.8, 4) is 5.69 Å². The number of carboxylic acid groups (broad SMARTS) is 2. The van der Waals surface area contributed by atoms with Crippen molar-refractivity contribution in [1.29, 1.82) is 0 Å². The SMILES string of the molecule is CC(C)c1cc(C(=O)O)c(=O)n(-c2ccc(F)cc2)c1C(=O)O.CCOCC. The molecule has 2 rings (SSSR count). The molecule has 0 amide bonds. The van der Waals surface area contributed by atoms with Gasteiger partial charge in [0.05, 0.1) is 0 Å². The number of aromatic carboxylic acids is 2. The van der Waals surface area contributed by atoms with Crippen LogP contribution in [0.3, 0.4) is 0 Å². The van der Waals surface area contributed by atoms with Gasteiger partial charge in [-0.15, -0.1) is 0 Å². The van der Waals surface area contributed by atoms with Crippen molar-refractivity contribution in [2.45, 2.75) is 33.6 Å². The molecule has 0 radical (unpaired) electrons. The zero-order valence-corrected chi connectivity index (χ0v) is 16.2. The van der Waals surface area contributed by atoms with Gasteiger partial charge in [0.2, 0.25) is 0 Å². The summed E-state index contributed by atoms with van der Waals surface area (Å²) in [4.78, 5) is 35.4. The highest BCUT2D eigenvalue weighted by Crippen LogP contribution is 2.22. The minimum absolute atomic E-state index is 0.0822. The molecule has 0 aliphatic rings. The van der Waals surface area contributed by atoms with Crippen molar-refractivity contribution >= 4 is 11.9 Å². The standard InChI is InChI=1S/C16H14FNO5.C4H10O/c1-8(2)11-7-12(15(20)21)14(19)18(13(11)16(22)23)10-5-3-9(17)4-6-10;1-3-5-4-2/h3-8H,1-2H3,(H,20,21)(H,22,23);3-4H2,1-2H3. The zero-order valence-electron chi connectivity index (χ0n) is 16.2. The van der Waals surface area contributed by atoms with Gasteiger partial charge in [0.1, 0.15) is 17.1 Å². The topological polar surface area (TPSA) is 106 Å². The fourth-order valence-electron chi connectivity index (χ4n) is 2.49. The molecule has 0 spiro atoms. The molecule has 0 aliphatic heterocycles. The Bertz CT molecular complexity index is 885. The van der Waals surface area contributed by atoms with E-state index < -0.39 is 28.9 Å². The summed E-state index contributed by atoms with van der Waals surface area (Å²) in [6.07, 6.45) is 0. The van der Waals surface area contributed by atoms with E-state index in [1.54, 1.807) is 13.8 Å². The van der Waals surface area contributed by atoms with Crippen molar-refractivity contribution in [2.75, 3.05) is 13.2 Å². The van der Waals surface area contributed by atoms with Crippen LogP contribution in [-0.4, -0.2) is 39.9 Å². The van der Waals surface area contributed by atoms with Crippen LogP contribution in [-0.2, 0) is 4.74 Å². The molecule has 1 aromatic heterocycles. The first kappa shape index (κ1) is 23.0. The second-order valence-electron chi connectivity index (χ2n) is 6.03. The van der Waals surface area contributed by atoms with Crippen molar-refractivity contribution < 1.29 is 28.9 Å². The summed E-state index contributed by atoms with van der Waals surface area (Å²) in [5.74, 6) is -3.71. The van der Waals surface area contributed by atoms with Gasteiger partial charge < -0.3 is 14.9 Å². The summed E-state index contributed by atoms with van der Waals surface area (Å²) in [6, 6.07) is 5.66. The van der Waals surface area contributed by atoms with Gasteiger partial charge in [-0.2, -0.15) is 0 Å². The van der Waals surface area contributed by atoms with Crippen LogP contribution in [0, 0.1) is 5.82 Å². The van der Waals surface area contributed by atoms with Gasteiger partial charge >= 0.3 is 11.9 Å². The van der Waals surface area contributed by atoms with Crippen molar-refractivity contribution in [2.24, 2.45) is 0 Å². The quantitative estimate of drug-likeness (QED) is 0.778. The molecular weight excluding hydrogens is 369 g/mol. The lowest BCUT2D eigenvalue weighted by molar-refractivity contribution is 0.0669. The molecule has 0 bridgehead atoms. The first-order valence-electron chi connectivity index (χ1n) is 8.75. The number of benzene rings is 1. The highest BCUT2D eigenvalue weighted by molar-refractivity contribution is 5.92. The molecule has 2 N–H and O–H groups in total. The molecule has 0 atom stereocenters. The third kappa shape index (κ3) is 5.50. The number of halogens is 1. The number of aromatic nitrogens is 1. The van der Waals surface area contributed by atoms with E-state index in [-0.39, 0.29) is 22.9 Å². The van der Waals surface area contributed by atoms with Gasteiger partial charge in [0.15, 0.2) is 0 Å². The minimum Gasteiger partial charge on any atom is -0.477 e. The first-order chi connectivity index (χ1) is 13.1. The van der Waals surface area contributed by atoms with Gasteiger partial charge in [-0.25, -0.2) is 14.0 Å². The van der Waals surface area contributed by atoms with Gasteiger partial charge in [0, 0.05) is 18.9 Å². The molecule has 28 heavy (non-hydrogen) atoms. The summed E-state index contributed by atoms with van der Waals surface area (Å²) in [5, 5.41) is 18.7. The smallest absolute Gasteiger partial charge is 0.353 e. The molecule has 0 unspecified atom stereocenters.